The maximum atomic E-state index is 11.7. The number of benzene rings is 1. The second kappa shape index (κ2) is 4.84. The van der Waals surface area contributed by atoms with Crippen LogP contribution in [0.5, 0.6) is 0 Å². The second-order valence-electron chi connectivity index (χ2n) is 3.84. The van der Waals surface area contributed by atoms with E-state index in [4.69, 9.17) is 10.2 Å². The van der Waals surface area contributed by atoms with Gasteiger partial charge in [-0.1, -0.05) is 12.1 Å². The normalized spacial score (nSPS) is 12.1. The van der Waals surface area contributed by atoms with E-state index in [2.05, 4.69) is 5.32 Å². The van der Waals surface area contributed by atoms with Gasteiger partial charge in [0.25, 0.3) is 5.91 Å². The molecule has 17 heavy (non-hydrogen) atoms. The first-order valence-electron chi connectivity index (χ1n) is 5.37. The fourth-order valence-corrected chi connectivity index (χ4v) is 1.47. The topological polar surface area (TPSA) is 68.3 Å². The van der Waals surface area contributed by atoms with Crippen LogP contribution in [0.3, 0.4) is 0 Å². The fourth-order valence-electron chi connectivity index (χ4n) is 1.47. The Hall–Kier alpha value is -2.07. The molecular formula is C13H14N2O2. The zero-order chi connectivity index (χ0) is 12.3. The Kier molecular flexibility index (Phi) is 3.25. The van der Waals surface area contributed by atoms with E-state index >= 15 is 0 Å². The average Bonchev–Trinajstić information content (AvgIpc) is 2.83. The lowest BCUT2D eigenvalue weighted by atomic mass is 10.1. The SMILES string of the molecule is CC(N)c1ccc(NC(=O)c2ccco2)cc1. The minimum atomic E-state index is -0.261. The zero-order valence-corrected chi connectivity index (χ0v) is 9.51. The molecule has 88 valence electrons. The van der Waals surface area contributed by atoms with E-state index in [0.717, 1.165) is 11.3 Å². The Morgan fingerprint density at radius 1 is 1.29 bits per heavy atom. The summed E-state index contributed by atoms with van der Waals surface area (Å²) in [5.41, 5.74) is 7.49. The lowest BCUT2D eigenvalue weighted by molar-refractivity contribution is 0.0996. The van der Waals surface area contributed by atoms with Gasteiger partial charge in [-0.05, 0) is 36.8 Å². The number of hydrogen-bond acceptors (Lipinski definition) is 3. The first-order chi connectivity index (χ1) is 8.16. The molecule has 1 atom stereocenters. The molecule has 0 bridgehead atoms. The van der Waals surface area contributed by atoms with Crippen molar-refractivity contribution in [1.29, 1.82) is 0 Å². The first kappa shape index (κ1) is 11.4. The van der Waals surface area contributed by atoms with E-state index in [-0.39, 0.29) is 11.9 Å². The molecule has 0 radical (unpaired) electrons. The Labute approximate surface area is 99.4 Å². The van der Waals surface area contributed by atoms with Crippen LogP contribution in [0.4, 0.5) is 5.69 Å². The molecule has 4 nitrogen and oxygen atoms in total. The summed E-state index contributed by atoms with van der Waals surface area (Å²) in [7, 11) is 0. The van der Waals surface area contributed by atoms with Gasteiger partial charge in [-0.3, -0.25) is 4.79 Å². The van der Waals surface area contributed by atoms with Crippen molar-refractivity contribution in [3.63, 3.8) is 0 Å². The fraction of sp³-hybridized carbons (Fsp3) is 0.154. The van der Waals surface area contributed by atoms with Crippen LogP contribution >= 0.6 is 0 Å². The highest BCUT2D eigenvalue weighted by Gasteiger charge is 2.08. The molecule has 0 aliphatic rings. The van der Waals surface area contributed by atoms with Crippen LogP contribution in [0.1, 0.15) is 29.1 Å². The van der Waals surface area contributed by atoms with Crippen molar-refractivity contribution in [2.24, 2.45) is 5.73 Å². The molecule has 1 aromatic heterocycles. The predicted octanol–water partition coefficient (Wildman–Crippen LogP) is 2.55. The summed E-state index contributed by atoms with van der Waals surface area (Å²) in [6.45, 7) is 1.91. The average molecular weight is 230 g/mol. The third-order valence-corrected chi connectivity index (χ3v) is 2.44. The van der Waals surface area contributed by atoms with Gasteiger partial charge in [-0.2, -0.15) is 0 Å². The molecule has 0 saturated carbocycles. The summed E-state index contributed by atoms with van der Waals surface area (Å²) < 4.78 is 5.00. The summed E-state index contributed by atoms with van der Waals surface area (Å²) in [6.07, 6.45) is 1.47. The van der Waals surface area contributed by atoms with Gasteiger partial charge in [0.15, 0.2) is 5.76 Å². The number of rotatable bonds is 3. The number of carbonyl (C=O) groups excluding carboxylic acids is 1. The summed E-state index contributed by atoms with van der Waals surface area (Å²) in [5.74, 6) is 0.0322. The number of amides is 1. The van der Waals surface area contributed by atoms with Crippen LogP contribution in [-0.2, 0) is 0 Å². The Morgan fingerprint density at radius 3 is 2.53 bits per heavy atom. The highest BCUT2D eigenvalue weighted by atomic mass is 16.3. The van der Waals surface area contributed by atoms with Crippen molar-refractivity contribution in [1.82, 2.24) is 0 Å². The molecule has 0 spiro atoms. The van der Waals surface area contributed by atoms with Gasteiger partial charge < -0.3 is 15.5 Å². The van der Waals surface area contributed by atoms with Crippen LogP contribution < -0.4 is 11.1 Å². The number of carbonyl (C=O) groups is 1. The van der Waals surface area contributed by atoms with E-state index < -0.39 is 0 Å². The molecule has 1 amide bonds. The molecule has 0 aliphatic heterocycles. The molecule has 1 aromatic carbocycles. The van der Waals surface area contributed by atoms with Crippen LogP contribution in [0.15, 0.2) is 47.1 Å². The standard InChI is InChI=1S/C13H14N2O2/c1-9(14)10-4-6-11(7-5-10)15-13(16)12-3-2-8-17-12/h2-9H,14H2,1H3,(H,15,16). The van der Waals surface area contributed by atoms with E-state index in [0.29, 0.717) is 5.76 Å². The molecule has 0 fully saturated rings. The molecule has 2 aromatic rings. The summed E-state index contributed by atoms with van der Waals surface area (Å²) >= 11 is 0. The number of anilines is 1. The summed E-state index contributed by atoms with van der Waals surface area (Å²) in [5, 5.41) is 2.74. The molecule has 1 heterocycles. The van der Waals surface area contributed by atoms with Gasteiger partial charge in [-0.15, -0.1) is 0 Å². The van der Waals surface area contributed by atoms with Gasteiger partial charge in [0, 0.05) is 11.7 Å². The second-order valence-corrected chi connectivity index (χ2v) is 3.84. The molecule has 4 heteroatoms. The monoisotopic (exact) mass is 230 g/mol. The maximum Gasteiger partial charge on any atom is 0.291 e. The molecular weight excluding hydrogens is 216 g/mol. The predicted molar refractivity (Wildman–Crippen MR) is 65.7 cm³/mol. The zero-order valence-electron chi connectivity index (χ0n) is 9.51. The van der Waals surface area contributed by atoms with Crippen molar-refractivity contribution in [3.05, 3.63) is 54.0 Å². The van der Waals surface area contributed by atoms with E-state index in [1.807, 2.05) is 31.2 Å². The van der Waals surface area contributed by atoms with Gasteiger partial charge >= 0.3 is 0 Å². The molecule has 2 rings (SSSR count). The van der Waals surface area contributed by atoms with Crippen molar-refractivity contribution in [2.75, 3.05) is 5.32 Å². The minimum Gasteiger partial charge on any atom is -0.459 e. The quantitative estimate of drug-likeness (QED) is 0.851. The molecule has 0 saturated heterocycles. The number of nitrogens with one attached hydrogen (secondary N) is 1. The first-order valence-corrected chi connectivity index (χ1v) is 5.37. The number of hydrogen-bond donors (Lipinski definition) is 2. The maximum absolute atomic E-state index is 11.7. The van der Waals surface area contributed by atoms with Gasteiger partial charge in [0.2, 0.25) is 0 Å². The lowest BCUT2D eigenvalue weighted by Gasteiger charge is -2.07. The number of furan rings is 1. The highest BCUT2D eigenvalue weighted by molar-refractivity contribution is 6.02. The Balaban J connectivity index is 2.07. The largest absolute Gasteiger partial charge is 0.459 e. The third kappa shape index (κ3) is 2.73. The Bertz CT molecular complexity index is 487. The summed E-state index contributed by atoms with van der Waals surface area (Å²) in [4.78, 5) is 11.7. The van der Waals surface area contributed by atoms with E-state index in [1.54, 1.807) is 12.1 Å². The minimum absolute atomic E-state index is 0.00942. The van der Waals surface area contributed by atoms with Crippen LogP contribution in [0, 0.1) is 0 Å². The number of nitrogens with two attached hydrogens (primary N) is 1. The van der Waals surface area contributed by atoms with Crippen molar-refractivity contribution in [3.8, 4) is 0 Å². The van der Waals surface area contributed by atoms with Gasteiger partial charge in [0.1, 0.15) is 0 Å². The molecule has 1 unspecified atom stereocenters. The smallest absolute Gasteiger partial charge is 0.291 e. The Morgan fingerprint density at radius 2 is 2.00 bits per heavy atom. The van der Waals surface area contributed by atoms with E-state index in [9.17, 15) is 4.79 Å². The molecule has 3 N–H and O–H groups in total. The van der Waals surface area contributed by atoms with Crippen LogP contribution in [-0.4, -0.2) is 5.91 Å². The van der Waals surface area contributed by atoms with E-state index in [1.165, 1.54) is 6.26 Å². The highest BCUT2D eigenvalue weighted by Crippen LogP contribution is 2.15. The van der Waals surface area contributed by atoms with Crippen molar-refractivity contribution in [2.45, 2.75) is 13.0 Å². The molecule has 0 aliphatic carbocycles. The van der Waals surface area contributed by atoms with Crippen LogP contribution in [0.2, 0.25) is 0 Å². The van der Waals surface area contributed by atoms with Gasteiger partial charge in [-0.25, -0.2) is 0 Å². The van der Waals surface area contributed by atoms with Crippen molar-refractivity contribution < 1.29 is 9.21 Å². The third-order valence-electron chi connectivity index (χ3n) is 2.44. The van der Waals surface area contributed by atoms with Crippen LogP contribution in [0.25, 0.3) is 0 Å². The lowest BCUT2D eigenvalue weighted by Crippen LogP contribution is -2.11. The summed E-state index contributed by atoms with van der Waals surface area (Å²) in [6, 6.07) is 10.7. The van der Waals surface area contributed by atoms with Gasteiger partial charge in [0.05, 0.1) is 6.26 Å². The van der Waals surface area contributed by atoms with Crippen molar-refractivity contribution >= 4 is 11.6 Å².